The van der Waals surface area contributed by atoms with E-state index in [2.05, 4.69) is 17.2 Å². The van der Waals surface area contributed by atoms with Crippen molar-refractivity contribution in [2.75, 3.05) is 18.5 Å². The van der Waals surface area contributed by atoms with Crippen molar-refractivity contribution in [3.05, 3.63) is 30.6 Å². The van der Waals surface area contributed by atoms with Gasteiger partial charge in [-0.1, -0.05) is 13.0 Å². The zero-order chi connectivity index (χ0) is 11.4. The minimum Gasteiger partial charge on any atom is -0.396 e. The smallest absolute Gasteiger partial charge is 0.138 e. The molecule has 0 aliphatic carbocycles. The van der Waals surface area contributed by atoms with E-state index in [-0.39, 0.29) is 6.61 Å². The molecule has 0 amide bonds. The number of nitrogens with one attached hydrogen (secondary N) is 1. The number of hydrogen-bond acceptors (Lipinski definition) is 3. The van der Waals surface area contributed by atoms with E-state index in [1.165, 1.54) is 0 Å². The van der Waals surface area contributed by atoms with Crippen LogP contribution in [0.1, 0.15) is 13.3 Å². The second-order valence-corrected chi connectivity index (χ2v) is 4.06. The number of pyridine rings is 1. The van der Waals surface area contributed by atoms with Gasteiger partial charge in [0.05, 0.1) is 0 Å². The summed E-state index contributed by atoms with van der Waals surface area (Å²) in [5, 5.41) is 12.2. The molecule has 16 heavy (non-hydrogen) atoms. The van der Waals surface area contributed by atoms with Gasteiger partial charge in [0.25, 0.3) is 0 Å². The van der Waals surface area contributed by atoms with E-state index in [4.69, 9.17) is 5.11 Å². The second-order valence-electron chi connectivity index (χ2n) is 4.06. The van der Waals surface area contributed by atoms with Crippen molar-refractivity contribution in [2.45, 2.75) is 13.3 Å². The Bertz CT molecular complexity index is 452. The number of fused-ring (bicyclic) bond motifs is 1. The number of nitrogens with zero attached hydrogens (tertiary/aromatic N) is 2. The molecular formula is C12H17N3O. The first-order chi connectivity index (χ1) is 7.81. The Morgan fingerprint density at radius 1 is 1.50 bits per heavy atom. The summed E-state index contributed by atoms with van der Waals surface area (Å²) >= 11 is 0. The zero-order valence-electron chi connectivity index (χ0n) is 9.43. The highest BCUT2D eigenvalue weighted by atomic mass is 16.3. The molecule has 0 aromatic carbocycles. The van der Waals surface area contributed by atoms with Crippen molar-refractivity contribution in [3.8, 4) is 0 Å². The Balaban J connectivity index is 2.06. The number of rotatable bonds is 5. The van der Waals surface area contributed by atoms with Gasteiger partial charge in [-0.25, -0.2) is 4.98 Å². The molecule has 0 saturated carbocycles. The molecule has 0 saturated heterocycles. The fourth-order valence-corrected chi connectivity index (χ4v) is 1.69. The summed E-state index contributed by atoms with van der Waals surface area (Å²) in [6.45, 7) is 3.23. The zero-order valence-corrected chi connectivity index (χ0v) is 9.43. The Morgan fingerprint density at radius 2 is 2.38 bits per heavy atom. The van der Waals surface area contributed by atoms with Gasteiger partial charge in [-0.3, -0.25) is 4.40 Å². The average Bonchev–Trinajstić information content (AvgIpc) is 2.75. The van der Waals surface area contributed by atoms with Gasteiger partial charge < -0.3 is 10.4 Å². The first-order valence-electron chi connectivity index (χ1n) is 5.58. The van der Waals surface area contributed by atoms with Crippen LogP contribution in [0.5, 0.6) is 0 Å². The summed E-state index contributed by atoms with van der Waals surface area (Å²) in [4.78, 5) is 4.23. The van der Waals surface area contributed by atoms with Gasteiger partial charge in [-0.05, 0) is 24.5 Å². The van der Waals surface area contributed by atoms with Crippen LogP contribution in [0.4, 0.5) is 5.82 Å². The summed E-state index contributed by atoms with van der Waals surface area (Å²) in [7, 11) is 0. The molecule has 0 bridgehead atoms. The fraction of sp³-hybridized carbons (Fsp3) is 0.417. The number of hydrogen-bond donors (Lipinski definition) is 2. The molecule has 1 unspecified atom stereocenters. The maximum absolute atomic E-state index is 8.83. The number of aliphatic hydroxyl groups is 1. The number of aromatic nitrogens is 2. The van der Waals surface area contributed by atoms with Gasteiger partial charge in [0.15, 0.2) is 0 Å². The quantitative estimate of drug-likeness (QED) is 0.805. The molecule has 2 aromatic rings. The first-order valence-corrected chi connectivity index (χ1v) is 5.58. The molecule has 0 radical (unpaired) electrons. The molecule has 0 fully saturated rings. The highest BCUT2D eigenvalue weighted by Gasteiger charge is 2.03. The number of imidazole rings is 1. The van der Waals surface area contributed by atoms with E-state index in [0.717, 1.165) is 24.4 Å². The van der Waals surface area contributed by atoms with Gasteiger partial charge in [-0.15, -0.1) is 0 Å². The van der Waals surface area contributed by atoms with Crippen LogP contribution in [-0.4, -0.2) is 27.6 Å². The van der Waals surface area contributed by atoms with Crippen LogP contribution < -0.4 is 5.32 Å². The molecule has 2 rings (SSSR count). The second kappa shape index (κ2) is 4.99. The van der Waals surface area contributed by atoms with E-state index in [9.17, 15) is 0 Å². The number of aliphatic hydroxyl groups excluding tert-OH is 1. The van der Waals surface area contributed by atoms with E-state index in [1.807, 2.05) is 28.8 Å². The van der Waals surface area contributed by atoms with E-state index in [1.54, 1.807) is 6.20 Å². The number of anilines is 1. The Hall–Kier alpha value is -1.55. The summed E-state index contributed by atoms with van der Waals surface area (Å²) in [6, 6.07) is 5.99. The lowest BCUT2D eigenvalue weighted by Gasteiger charge is -2.13. The summed E-state index contributed by atoms with van der Waals surface area (Å²) in [6.07, 6.45) is 4.55. The van der Waals surface area contributed by atoms with Crippen molar-refractivity contribution in [1.29, 1.82) is 0 Å². The van der Waals surface area contributed by atoms with Gasteiger partial charge in [0.1, 0.15) is 11.5 Å². The van der Waals surface area contributed by atoms with E-state index < -0.39 is 0 Å². The SMILES string of the molecule is CC(CCO)CNc1cccc2nccn12. The molecule has 1 atom stereocenters. The third-order valence-corrected chi connectivity index (χ3v) is 2.68. The molecule has 2 aromatic heterocycles. The maximum atomic E-state index is 8.83. The topological polar surface area (TPSA) is 49.6 Å². The van der Waals surface area contributed by atoms with Gasteiger partial charge in [0, 0.05) is 25.5 Å². The van der Waals surface area contributed by atoms with Crippen LogP contribution in [0.2, 0.25) is 0 Å². The standard InChI is InChI=1S/C12H17N3O/c1-10(5-8-16)9-14-12-4-2-3-11-13-6-7-15(11)12/h2-4,6-7,10,14,16H,5,8-9H2,1H3. The lowest BCUT2D eigenvalue weighted by Crippen LogP contribution is -2.14. The molecule has 0 aliphatic heterocycles. The lowest BCUT2D eigenvalue weighted by atomic mass is 10.1. The van der Waals surface area contributed by atoms with Gasteiger partial charge in [-0.2, -0.15) is 0 Å². The summed E-state index contributed by atoms with van der Waals surface area (Å²) < 4.78 is 2.02. The van der Waals surface area contributed by atoms with Crippen LogP contribution >= 0.6 is 0 Å². The van der Waals surface area contributed by atoms with Crippen LogP contribution in [0.3, 0.4) is 0 Å². The third-order valence-electron chi connectivity index (χ3n) is 2.68. The molecule has 4 heteroatoms. The van der Waals surface area contributed by atoms with Gasteiger partial charge >= 0.3 is 0 Å². The van der Waals surface area contributed by atoms with Crippen molar-refractivity contribution < 1.29 is 5.11 Å². The average molecular weight is 219 g/mol. The molecular weight excluding hydrogens is 202 g/mol. The Morgan fingerprint density at radius 3 is 3.19 bits per heavy atom. The van der Waals surface area contributed by atoms with Crippen LogP contribution in [0.25, 0.3) is 5.65 Å². The van der Waals surface area contributed by atoms with Gasteiger partial charge in [0.2, 0.25) is 0 Å². The molecule has 0 aliphatic rings. The Labute approximate surface area is 94.9 Å². The van der Waals surface area contributed by atoms with Crippen LogP contribution in [0, 0.1) is 5.92 Å². The lowest BCUT2D eigenvalue weighted by molar-refractivity contribution is 0.266. The predicted molar refractivity (Wildman–Crippen MR) is 64.5 cm³/mol. The fourth-order valence-electron chi connectivity index (χ4n) is 1.69. The highest BCUT2D eigenvalue weighted by Crippen LogP contribution is 2.12. The van der Waals surface area contributed by atoms with Crippen molar-refractivity contribution in [2.24, 2.45) is 5.92 Å². The minimum atomic E-state index is 0.248. The third kappa shape index (κ3) is 2.33. The van der Waals surface area contributed by atoms with Crippen LogP contribution in [-0.2, 0) is 0 Å². The Kier molecular flexibility index (Phi) is 3.41. The normalized spacial score (nSPS) is 12.9. The maximum Gasteiger partial charge on any atom is 0.138 e. The molecule has 2 heterocycles. The predicted octanol–water partition coefficient (Wildman–Crippen LogP) is 1.76. The van der Waals surface area contributed by atoms with E-state index >= 15 is 0 Å². The van der Waals surface area contributed by atoms with E-state index in [0.29, 0.717) is 5.92 Å². The molecule has 4 nitrogen and oxygen atoms in total. The highest BCUT2D eigenvalue weighted by molar-refractivity contribution is 5.49. The molecule has 0 spiro atoms. The molecule has 86 valence electrons. The minimum absolute atomic E-state index is 0.248. The first kappa shape index (κ1) is 11.0. The van der Waals surface area contributed by atoms with Crippen molar-refractivity contribution >= 4 is 11.5 Å². The van der Waals surface area contributed by atoms with Crippen molar-refractivity contribution in [3.63, 3.8) is 0 Å². The monoisotopic (exact) mass is 219 g/mol. The van der Waals surface area contributed by atoms with Crippen molar-refractivity contribution in [1.82, 2.24) is 9.38 Å². The molecule has 2 N–H and O–H groups in total. The van der Waals surface area contributed by atoms with Crippen LogP contribution in [0.15, 0.2) is 30.6 Å². The largest absolute Gasteiger partial charge is 0.396 e. The summed E-state index contributed by atoms with van der Waals surface area (Å²) in [5.41, 5.74) is 0.944. The summed E-state index contributed by atoms with van der Waals surface area (Å²) in [5.74, 6) is 1.50.